The van der Waals surface area contributed by atoms with Gasteiger partial charge in [0.2, 0.25) is 0 Å². The van der Waals surface area contributed by atoms with Crippen molar-refractivity contribution in [1.29, 1.82) is 5.26 Å². The summed E-state index contributed by atoms with van der Waals surface area (Å²) in [4.78, 5) is 20.8. The number of likely N-dealkylation sites (N-methyl/N-ethyl adjacent to an activating group) is 1. The summed E-state index contributed by atoms with van der Waals surface area (Å²) in [5.74, 6) is 0. The molecule has 1 fully saturated rings. The van der Waals surface area contributed by atoms with Crippen LogP contribution < -0.4 is 4.90 Å². The lowest BCUT2D eigenvalue weighted by Crippen LogP contribution is -2.30. The van der Waals surface area contributed by atoms with Gasteiger partial charge in [0.25, 0.3) is 5.69 Å². The number of thiocyanates is 1. The van der Waals surface area contributed by atoms with E-state index in [9.17, 15) is 33.4 Å². The number of hydrogen-bond donors (Lipinski definition) is 0. The third-order valence-corrected chi connectivity index (χ3v) is 4.63. The second kappa shape index (κ2) is 7.97. The number of hydrogen-bond acceptors (Lipinski definition) is 8. The summed E-state index contributed by atoms with van der Waals surface area (Å²) in [5.41, 5.74) is -4.37. The molecule has 0 amide bonds. The van der Waals surface area contributed by atoms with Crippen molar-refractivity contribution in [1.82, 2.24) is 0 Å². The Morgan fingerprint density at radius 2 is 2.07 bits per heavy atom. The molecular formula is C14H13F3N4O5S. The predicted octanol–water partition coefficient (Wildman–Crippen LogP) is 3.71. The quantitative estimate of drug-likeness (QED) is 0.303. The second-order valence-electron chi connectivity index (χ2n) is 5.69. The number of rotatable bonds is 6. The van der Waals surface area contributed by atoms with Gasteiger partial charge in [0.15, 0.2) is 5.69 Å². The molecule has 0 bridgehead atoms. The van der Waals surface area contributed by atoms with Gasteiger partial charge in [0.1, 0.15) is 10.3 Å². The molecule has 13 heteroatoms. The van der Waals surface area contributed by atoms with Crippen LogP contribution in [0.3, 0.4) is 0 Å². The standard InChI is InChI=1S/C14H13F3N4O5S/c1-19(6-8-3-2-4-26-8)11-10(20(22)23)5-9(14(15,16)17)13(27-7-18)12(11)21(24)25/h5,8H,2-4,6H2,1H3. The number of nitriles is 1. The van der Waals surface area contributed by atoms with Crippen LogP contribution in [0.2, 0.25) is 0 Å². The second-order valence-corrected chi connectivity index (χ2v) is 6.49. The zero-order valence-electron chi connectivity index (χ0n) is 13.9. The van der Waals surface area contributed by atoms with E-state index >= 15 is 0 Å². The van der Waals surface area contributed by atoms with E-state index in [4.69, 9.17) is 10.00 Å². The maximum atomic E-state index is 13.3. The highest BCUT2D eigenvalue weighted by Crippen LogP contribution is 2.50. The van der Waals surface area contributed by atoms with Crippen molar-refractivity contribution >= 4 is 28.8 Å². The summed E-state index contributed by atoms with van der Waals surface area (Å²) in [6.07, 6.45) is -4.11. The van der Waals surface area contributed by atoms with E-state index in [1.54, 1.807) is 0 Å². The number of alkyl halides is 3. The van der Waals surface area contributed by atoms with Crippen LogP contribution in [0.25, 0.3) is 0 Å². The highest BCUT2D eigenvalue weighted by molar-refractivity contribution is 8.04. The van der Waals surface area contributed by atoms with Crippen molar-refractivity contribution in [2.75, 3.05) is 25.1 Å². The molecule has 0 radical (unpaired) electrons. The minimum absolute atomic E-state index is 0.0176. The highest BCUT2D eigenvalue weighted by Gasteiger charge is 2.44. The van der Waals surface area contributed by atoms with Crippen molar-refractivity contribution in [3.05, 3.63) is 31.9 Å². The number of halogens is 3. The topological polar surface area (TPSA) is 123 Å². The number of anilines is 1. The van der Waals surface area contributed by atoms with Crippen LogP contribution >= 0.6 is 11.8 Å². The molecule has 1 aliphatic heterocycles. The predicted molar refractivity (Wildman–Crippen MR) is 88.5 cm³/mol. The first kappa shape index (κ1) is 20.7. The molecule has 9 nitrogen and oxygen atoms in total. The Balaban J connectivity index is 2.75. The molecule has 1 heterocycles. The molecule has 1 aromatic rings. The van der Waals surface area contributed by atoms with Crippen LogP contribution in [0.1, 0.15) is 18.4 Å². The largest absolute Gasteiger partial charge is 0.418 e. The first-order valence-electron chi connectivity index (χ1n) is 7.53. The van der Waals surface area contributed by atoms with Gasteiger partial charge in [0, 0.05) is 26.3 Å². The van der Waals surface area contributed by atoms with E-state index in [0.717, 1.165) is 11.3 Å². The van der Waals surface area contributed by atoms with Crippen molar-refractivity contribution in [3.63, 3.8) is 0 Å². The number of nitro groups is 2. The Labute approximate surface area is 155 Å². The first-order valence-corrected chi connectivity index (χ1v) is 8.35. The van der Waals surface area contributed by atoms with Gasteiger partial charge >= 0.3 is 11.9 Å². The summed E-state index contributed by atoms with van der Waals surface area (Å²) in [5, 5.41) is 33.1. The molecule has 1 aliphatic rings. The van der Waals surface area contributed by atoms with Crippen molar-refractivity contribution in [2.45, 2.75) is 30.0 Å². The van der Waals surface area contributed by atoms with E-state index in [-0.39, 0.29) is 30.5 Å². The molecule has 27 heavy (non-hydrogen) atoms. The normalized spacial score (nSPS) is 16.8. The summed E-state index contributed by atoms with van der Waals surface area (Å²) < 4.78 is 45.3. The van der Waals surface area contributed by atoms with Crippen LogP contribution in [0.15, 0.2) is 11.0 Å². The zero-order chi connectivity index (χ0) is 20.4. The van der Waals surface area contributed by atoms with E-state index in [1.807, 2.05) is 0 Å². The molecular weight excluding hydrogens is 393 g/mol. The van der Waals surface area contributed by atoms with E-state index in [0.29, 0.717) is 13.0 Å². The minimum atomic E-state index is -5.11. The molecule has 0 spiro atoms. The SMILES string of the molecule is CN(CC1CCCO1)c1c([N+](=O)[O-])cc(C(F)(F)F)c(SC#N)c1[N+](=O)[O-]. The molecule has 1 aromatic carbocycles. The average Bonchev–Trinajstić information content (AvgIpc) is 3.05. The van der Waals surface area contributed by atoms with Gasteiger partial charge in [-0.15, -0.1) is 0 Å². The lowest BCUT2D eigenvalue weighted by molar-refractivity contribution is -0.394. The van der Waals surface area contributed by atoms with E-state index in [2.05, 4.69) is 0 Å². The smallest absolute Gasteiger partial charge is 0.376 e. The maximum Gasteiger partial charge on any atom is 0.418 e. The van der Waals surface area contributed by atoms with Crippen LogP contribution in [-0.2, 0) is 10.9 Å². The Kier molecular flexibility index (Phi) is 6.11. The number of nitrogens with zero attached hydrogens (tertiary/aromatic N) is 4. The fraction of sp³-hybridized carbons (Fsp3) is 0.500. The molecule has 146 valence electrons. The lowest BCUT2D eigenvalue weighted by Gasteiger charge is -2.23. The van der Waals surface area contributed by atoms with Gasteiger partial charge in [0.05, 0.1) is 21.5 Å². The molecule has 0 N–H and O–H groups in total. The molecule has 2 rings (SSSR count). The molecule has 1 atom stereocenters. The van der Waals surface area contributed by atoms with E-state index in [1.165, 1.54) is 12.4 Å². The highest BCUT2D eigenvalue weighted by atomic mass is 32.2. The third-order valence-electron chi connectivity index (χ3n) is 3.92. The minimum Gasteiger partial charge on any atom is -0.376 e. The Bertz CT molecular complexity index is 805. The summed E-state index contributed by atoms with van der Waals surface area (Å²) in [6, 6.07) is 0.230. The third kappa shape index (κ3) is 4.40. The molecule has 0 aromatic heterocycles. The maximum absolute atomic E-state index is 13.3. The number of nitro benzene ring substituents is 2. The van der Waals surface area contributed by atoms with Gasteiger partial charge in [-0.2, -0.15) is 18.4 Å². The fourth-order valence-electron chi connectivity index (χ4n) is 2.86. The number of ether oxygens (including phenoxy) is 1. The fourth-order valence-corrected chi connectivity index (χ4v) is 3.50. The molecule has 0 aliphatic carbocycles. The van der Waals surface area contributed by atoms with Gasteiger partial charge in [-0.3, -0.25) is 20.2 Å². The van der Waals surface area contributed by atoms with Gasteiger partial charge in [-0.05, 0) is 24.6 Å². The van der Waals surface area contributed by atoms with Crippen molar-refractivity contribution in [2.24, 2.45) is 0 Å². The Hall–Kier alpha value is -2.59. The van der Waals surface area contributed by atoms with Crippen molar-refractivity contribution in [3.8, 4) is 5.40 Å². The molecule has 0 saturated carbocycles. The van der Waals surface area contributed by atoms with Crippen molar-refractivity contribution < 1.29 is 27.8 Å². The van der Waals surface area contributed by atoms with Crippen LogP contribution in [0.4, 0.5) is 30.2 Å². The number of thioether (sulfide) groups is 1. The summed E-state index contributed by atoms with van der Waals surface area (Å²) >= 11 is -0.0582. The number of benzene rings is 1. The van der Waals surface area contributed by atoms with Gasteiger partial charge < -0.3 is 9.64 Å². The summed E-state index contributed by atoms with van der Waals surface area (Å²) in [7, 11) is 1.30. The lowest BCUT2D eigenvalue weighted by atomic mass is 10.1. The van der Waals surface area contributed by atoms with Gasteiger partial charge in [-0.25, -0.2) is 0 Å². The Morgan fingerprint density at radius 1 is 1.41 bits per heavy atom. The first-order chi connectivity index (χ1) is 12.6. The molecule has 1 unspecified atom stereocenters. The Morgan fingerprint density at radius 3 is 2.52 bits per heavy atom. The summed E-state index contributed by atoms with van der Waals surface area (Å²) in [6.45, 7) is 0.481. The van der Waals surface area contributed by atoms with E-state index < -0.39 is 43.5 Å². The monoisotopic (exact) mass is 406 g/mol. The van der Waals surface area contributed by atoms with Crippen LogP contribution in [0.5, 0.6) is 0 Å². The van der Waals surface area contributed by atoms with Gasteiger partial charge in [-0.1, -0.05) is 0 Å². The van der Waals surface area contributed by atoms with Crippen LogP contribution in [-0.4, -0.2) is 36.1 Å². The zero-order valence-corrected chi connectivity index (χ0v) is 14.7. The average molecular weight is 406 g/mol. The molecule has 1 saturated heterocycles. The van der Waals surface area contributed by atoms with Crippen LogP contribution in [0, 0.1) is 30.9 Å².